The van der Waals surface area contributed by atoms with Crippen molar-refractivity contribution in [1.29, 1.82) is 0 Å². The Hall–Kier alpha value is 0.966. The average molecular weight is 266 g/mol. The number of hydrogen-bond acceptors (Lipinski definition) is 1. The second-order valence-corrected chi connectivity index (χ2v) is 5.29. The van der Waals surface area contributed by atoms with Crippen molar-refractivity contribution in [3.8, 4) is 0 Å². The molecule has 0 spiro atoms. The number of benzene rings is 1. The molecular formula is C12H19KO2S. The van der Waals surface area contributed by atoms with Crippen LogP contribution in [0.25, 0.3) is 0 Å². The fraction of sp³-hybridized carbons (Fsp3) is 0.500. The molecule has 86 valence electrons. The van der Waals surface area contributed by atoms with Gasteiger partial charge >= 0.3 is 51.4 Å². The quantitative estimate of drug-likeness (QED) is 0.644. The molecule has 1 aromatic carbocycles. The zero-order valence-electron chi connectivity index (χ0n) is 11.7. The molecule has 2 nitrogen and oxygen atoms in total. The average Bonchev–Trinajstić information content (AvgIpc) is 2.16. The molecule has 1 N–H and O–H groups in total. The zero-order chi connectivity index (χ0) is 11.6. The summed E-state index contributed by atoms with van der Waals surface area (Å²) in [6, 6.07) is 5.84. The molecule has 0 aliphatic carbocycles. The van der Waals surface area contributed by atoms with Crippen LogP contribution in [0.1, 0.15) is 52.1 Å². The van der Waals surface area contributed by atoms with E-state index < -0.39 is 11.1 Å². The Labute approximate surface area is 144 Å². The van der Waals surface area contributed by atoms with Crippen molar-refractivity contribution in [2.24, 2.45) is 0 Å². The molecule has 1 rings (SSSR count). The van der Waals surface area contributed by atoms with Crippen LogP contribution in [0.4, 0.5) is 0 Å². The van der Waals surface area contributed by atoms with Crippen LogP contribution in [0, 0.1) is 0 Å². The summed E-state index contributed by atoms with van der Waals surface area (Å²) in [6.07, 6.45) is 0. The molecule has 4 heteroatoms. The van der Waals surface area contributed by atoms with Crippen molar-refractivity contribution in [2.45, 2.75) is 44.4 Å². The fourth-order valence-electron chi connectivity index (χ4n) is 1.54. The van der Waals surface area contributed by atoms with E-state index in [1.807, 2.05) is 32.0 Å². The first-order valence-corrected chi connectivity index (χ1v) is 6.28. The molecule has 16 heavy (non-hydrogen) atoms. The molecule has 0 aliphatic rings. The van der Waals surface area contributed by atoms with Gasteiger partial charge in [0.15, 0.2) is 11.1 Å². The number of rotatable bonds is 3. The van der Waals surface area contributed by atoms with E-state index in [-0.39, 0.29) is 58.7 Å². The summed E-state index contributed by atoms with van der Waals surface area (Å²) in [7, 11) is 0. The van der Waals surface area contributed by atoms with E-state index in [9.17, 15) is 8.76 Å². The number of hydrogen-bond donors (Lipinski definition) is 1. The van der Waals surface area contributed by atoms with Crippen molar-refractivity contribution in [3.05, 3.63) is 29.3 Å². The summed E-state index contributed by atoms with van der Waals surface area (Å²) >= 11 is -1.89. The predicted molar refractivity (Wildman–Crippen MR) is 64.8 cm³/mol. The molecule has 1 unspecified atom stereocenters. The molecule has 1 aromatic rings. The first-order valence-electron chi connectivity index (χ1n) is 5.18. The molecule has 0 radical (unpaired) electrons. The second kappa shape index (κ2) is 7.41. The van der Waals surface area contributed by atoms with E-state index in [1.54, 1.807) is 0 Å². The summed E-state index contributed by atoms with van der Waals surface area (Å²) in [5.41, 5.74) is 2.07. The molecule has 0 fully saturated rings. The van der Waals surface area contributed by atoms with Crippen LogP contribution in [0.3, 0.4) is 0 Å². The van der Waals surface area contributed by atoms with Gasteiger partial charge in [-0.25, -0.2) is 4.21 Å². The molecular weight excluding hydrogens is 247 g/mol. The smallest absolute Gasteiger partial charge is 1.00 e. The minimum atomic E-state index is -1.89. The van der Waals surface area contributed by atoms with Gasteiger partial charge in [0.05, 0.1) is 4.90 Å². The maximum absolute atomic E-state index is 11.2. The first kappa shape index (κ1) is 17.0. The van der Waals surface area contributed by atoms with Crippen molar-refractivity contribution in [2.75, 3.05) is 0 Å². The largest absolute Gasteiger partial charge is 1.00 e. The van der Waals surface area contributed by atoms with Crippen LogP contribution < -0.4 is 51.4 Å². The van der Waals surface area contributed by atoms with Crippen molar-refractivity contribution >= 4 is 11.1 Å². The van der Waals surface area contributed by atoms with Gasteiger partial charge in [-0.2, -0.15) is 0 Å². The summed E-state index contributed by atoms with van der Waals surface area (Å²) in [5.74, 6) is 0.658. The van der Waals surface area contributed by atoms with Gasteiger partial charge in [0.1, 0.15) is 0 Å². The second-order valence-electron chi connectivity index (χ2n) is 4.36. The van der Waals surface area contributed by atoms with Gasteiger partial charge < -0.3 is 5.98 Å². The Kier molecular flexibility index (Phi) is 7.86. The van der Waals surface area contributed by atoms with Crippen LogP contribution >= 0.6 is 0 Å². The van der Waals surface area contributed by atoms with Crippen molar-refractivity contribution in [3.63, 3.8) is 0 Å². The first-order chi connectivity index (χ1) is 6.93. The third-order valence-corrected chi connectivity index (χ3v) is 3.24. The Balaban J connectivity index is 0. The summed E-state index contributed by atoms with van der Waals surface area (Å²) in [4.78, 5) is 0.552. The third-order valence-electron chi connectivity index (χ3n) is 2.51. The van der Waals surface area contributed by atoms with Gasteiger partial charge in [0.25, 0.3) is 0 Å². The third kappa shape index (κ3) is 4.33. The molecule has 0 aromatic heterocycles. The maximum Gasteiger partial charge on any atom is 1.00 e. The van der Waals surface area contributed by atoms with Gasteiger partial charge in [0, 0.05) is 0 Å². The van der Waals surface area contributed by atoms with E-state index >= 15 is 0 Å². The SMILES string of the molecule is CC(C)c1ccc(C(C)C)c(S(=O)O)c1.[H-].[K+]. The van der Waals surface area contributed by atoms with Crippen LogP contribution in [-0.4, -0.2) is 8.76 Å². The minimum absolute atomic E-state index is 0. The van der Waals surface area contributed by atoms with E-state index in [0.717, 1.165) is 11.1 Å². The molecule has 0 heterocycles. The van der Waals surface area contributed by atoms with Gasteiger partial charge in [-0.1, -0.05) is 39.8 Å². The van der Waals surface area contributed by atoms with Crippen LogP contribution in [0.2, 0.25) is 0 Å². The Morgan fingerprint density at radius 1 is 1.19 bits per heavy atom. The Morgan fingerprint density at radius 2 is 1.75 bits per heavy atom. The Morgan fingerprint density at radius 3 is 2.12 bits per heavy atom. The molecule has 0 bridgehead atoms. The minimum Gasteiger partial charge on any atom is -1.00 e. The summed E-state index contributed by atoms with van der Waals surface area (Å²) < 4.78 is 20.4. The van der Waals surface area contributed by atoms with E-state index in [4.69, 9.17) is 0 Å². The molecule has 1 atom stereocenters. The van der Waals surface area contributed by atoms with Crippen LogP contribution in [0.15, 0.2) is 23.1 Å². The van der Waals surface area contributed by atoms with Crippen LogP contribution in [-0.2, 0) is 11.1 Å². The monoisotopic (exact) mass is 266 g/mol. The topological polar surface area (TPSA) is 37.3 Å². The standard InChI is InChI=1S/C12H18O2S.K.H/c1-8(2)10-5-6-11(9(3)4)12(7-10)15(13)14;;/h5-9H,1-4H3,(H,13,14);;/q;+1;-1. The molecule has 0 saturated carbocycles. The zero-order valence-corrected chi connectivity index (χ0v) is 14.6. The van der Waals surface area contributed by atoms with Crippen LogP contribution in [0.5, 0.6) is 0 Å². The maximum atomic E-state index is 11.2. The van der Waals surface area contributed by atoms with E-state index in [0.29, 0.717) is 10.8 Å². The van der Waals surface area contributed by atoms with Crippen molar-refractivity contribution in [1.82, 2.24) is 0 Å². The van der Waals surface area contributed by atoms with Gasteiger partial charge in [-0.3, -0.25) is 0 Å². The van der Waals surface area contributed by atoms with Crippen molar-refractivity contribution < 1.29 is 61.6 Å². The fourth-order valence-corrected chi connectivity index (χ4v) is 2.28. The van der Waals surface area contributed by atoms with E-state index in [2.05, 4.69) is 13.8 Å². The molecule has 0 saturated heterocycles. The summed E-state index contributed by atoms with van der Waals surface area (Å²) in [6.45, 7) is 8.21. The normalized spacial score (nSPS) is 12.7. The molecule has 0 aliphatic heterocycles. The predicted octanol–water partition coefficient (Wildman–Crippen LogP) is 0.631. The van der Waals surface area contributed by atoms with E-state index in [1.165, 1.54) is 0 Å². The Bertz CT molecular complexity index is 381. The van der Waals surface area contributed by atoms with Gasteiger partial charge in [-0.05, 0) is 29.0 Å². The van der Waals surface area contributed by atoms with Gasteiger partial charge in [0.2, 0.25) is 0 Å². The summed E-state index contributed by atoms with van der Waals surface area (Å²) in [5, 5.41) is 0. The van der Waals surface area contributed by atoms with Gasteiger partial charge in [-0.15, -0.1) is 0 Å². The molecule has 0 amide bonds.